The van der Waals surface area contributed by atoms with E-state index >= 15 is 0 Å². The van der Waals surface area contributed by atoms with E-state index in [1.165, 1.54) is 6.42 Å². The van der Waals surface area contributed by atoms with Crippen molar-refractivity contribution < 1.29 is 19.1 Å². The largest absolute Gasteiger partial charge is 0.445 e. The van der Waals surface area contributed by atoms with Crippen molar-refractivity contribution in [3.05, 3.63) is 71.8 Å². The molecule has 2 atom stereocenters. The lowest BCUT2D eigenvalue weighted by atomic mass is 9.84. The fraction of sp³-hybridized carbons (Fsp3) is 0.500. The molecule has 3 amide bonds. The van der Waals surface area contributed by atoms with Gasteiger partial charge in [-0.05, 0) is 35.8 Å². The first-order valence-electron chi connectivity index (χ1n) is 13.3. The van der Waals surface area contributed by atoms with E-state index in [9.17, 15) is 14.4 Å². The Morgan fingerprint density at radius 3 is 2.05 bits per heavy atom. The third-order valence-corrected chi connectivity index (χ3v) is 6.77. The summed E-state index contributed by atoms with van der Waals surface area (Å²) in [6.07, 6.45) is 5.22. The van der Waals surface area contributed by atoms with Crippen LogP contribution < -0.4 is 16.0 Å². The molecule has 2 aromatic rings. The van der Waals surface area contributed by atoms with Crippen molar-refractivity contribution in [2.24, 2.45) is 11.3 Å². The molecule has 0 heterocycles. The highest BCUT2D eigenvalue weighted by Gasteiger charge is 2.35. The Morgan fingerprint density at radius 1 is 0.865 bits per heavy atom. The van der Waals surface area contributed by atoms with Crippen molar-refractivity contribution in [3.8, 4) is 0 Å². The number of ether oxygens (including phenoxy) is 1. The smallest absolute Gasteiger partial charge is 0.407 e. The summed E-state index contributed by atoms with van der Waals surface area (Å²) in [5, 5.41) is 8.90. The molecule has 1 saturated carbocycles. The highest BCUT2D eigenvalue weighted by Crippen LogP contribution is 2.23. The topological polar surface area (TPSA) is 96.5 Å². The predicted molar refractivity (Wildman–Crippen MR) is 145 cm³/mol. The van der Waals surface area contributed by atoms with Crippen molar-refractivity contribution in [2.75, 3.05) is 6.54 Å². The van der Waals surface area contributed by atoms with Gasteiger partial charge in [-0.3, -0.25) is 9.59 Å². The summed E-state index contributed by atoms with van der Waals surface area (Å²) in [6.45, 7) is 6.09. The molecule has 3 rings (SSSR count). The summed E-state index contributed by atoms with van der Waals surface area (Å²) in [5.41, 5.74) is 1.38. The monoisotopic (exact) mass is 507 g/mol. The average Bonchev–Trinajstić information content (AvgIpc) is 2.89. The van der Waals surface area contributed by atoms with E-state index in [1.807, 2.05) is 81.4 Å². The first-order chi connectivity index (χ1) is 17.7. The van der Waals surface area contributed by atoms with Crippen molar-refractivity contribution in [1.29, 1.82) is 0 Å². The molecular formula is C30H41N3O4. The normalized spacial score (nSPS) is 15.8. The third kappa shape index (κ3) is 9.56. The zero-order chi connectivity index (χ0) is 26.7. The van der Waals surface area contributed by atoms with Crippen molar-refractivity contribution >= 4 is 17.9 Å². The van der Waals surface area contributed by atoms with Crippen LogP contribution in [-0.2, 0) is 27.4 Å². The number of carbonyl (C=O) groups is 3. The van der Waals surface area contributed by atoms with Gasteiger partial charge in [0.1, 0.15) is 12.6 Å². The highest BCUT2D eigenvalue weighted by atomic mass is 16.5. The average molecular weight is 508 g/mol. The van der Waals surface area contributed by atoms with Gasteiger partial charge in [-0.2, -0.15) is 0 Å². The molecule has 37 heavy (non-hydrogen) atoms. The summed E-state index contributed by atoms with van der Waals surface area (Å²) in [7, 11) is 0. The Hall–Kier alpha value is -3.35. The summed E-state index contributed by atoms with van der Waals surface area (Å²) in [5.74, 6) is -0.994. The number of hydrogen-bond donors (Lipinski definition) is 3. The predicted octanol–water partition coefficient (Wildman–Crippen LogP) is 4.75. The first kappa shape index (κ1) is 28.2. The van der Waals surface area contributed by atoms with E-state index in [4.69, 9.17) is 4.74 Å². The molecule has 0 aliphatic heterocycles. The van der Waals surface area contributed by atoms with E-state index in [1.54, 1.807) is 0 Å². The zero-order valence-electron chi connectivity index (χ0n) is 22.3. The molecule has 0 saturated heterocycles. The lowest BCUT2D eigenvalue weighted by Gasteiger charge is -2.34. The molecule has 7 nitrogen and oxygen atoms in total. The van der Waals surface area contributed by atoms with Gasteiger partial charge < -0.3 is 20.7 Å². The lowest BCUT2D eigenvalue weighted by molar-refractivity contribution is -0.134. The molecule has 1 fully saturated rings. The minimum atomic E-state index is -0.690. The molecule has 0 radical (unpaired) electrons. The van der Waals surface area contributed by atoms with Crippen LogP contribution in [-0.4, -0.2) is 36.5 Å². The number of alkyl carbamates (subject to hydrolysis) is 1. The number of amides is 3. The number of hydrogen-bond acceptors (Lipinski definition) is 4. The Balaban J connectivity index is 1.64. The maximum absolute atomic E-state index is 13.5. The Labute approximate surface area is 220 Å². The van der Waals surface area contributed by atoms with Gasteiger partial charge in [0.25, 0.3) is 0 Å². The van der Waals surface area contributed by atoms with Crippen molar-refractivity contribution in [2.45, 2.75) is 78.0 Å². The second-order valence-corrected chi connectivity index (χ2v) is 11.0. The van der Waals surface area contributed by atoms with E-state index in [2.05, 4.69) is 16.0 Å². The Bertz CT molecular complexity index is 998. The molecular weight excluding hydrogens is 466 g/mol. The maximum atomic E-state index is 13.5. The van der Waals surface area contributed by atoms with Gasteiger partial charge in [-0.25, -0.2) is 4.79 Å². The molecule has 3 N–H and O–H groups in total. The van der Waals surface area contributed by atoms with E-state index in [0.717, 1.165) is 36.8 Å². The highest BCUT2D eigenvalue weighted by molar-refractivity contribution is 5.89. The van der Waals surface area contributed by atoms with Crippen LogP contribution in [0.25, 0.3) is 0 Å². The molecule has 2 unspecified atom stereocenters. The third-order valence-electron chi connectivity index (χ3n) is 6.77. The van der Waals surface area contributed by atoms with Crippen LogP contribution in [0.3, 0.4) is 0 Å². The Morgan fingerprint density at radius 2 is 1.46 bits per heavy atom. The first-order valence-corrected chi connectivity index (χ1v) is 13.3. The molecule has 1 aliphatic rings. The van der Waals surface area contributed by atoms with Gasteiger partial charge in [0.2, 0.25) is 11.8 Å². The summed E-state index contributed by atoms with van der Waals surface area (Å²) in [6, 6.07) is 18.5. The van der Waals surface area contributed by atoms with Crippen LogP contribution >= 0.6 is 0 Å². The molecule has 1 aliphatic carbocycles. The molecule has 0 aromatic heterocycles. The fourth-order valence-electron chi connectivity index (χ4n) is 4.60. The second kappa shape index (κ2) is 13.8. The minimum absolute atomic E-state index is 0.0927. The van der Waals surface area contributed by atoms with E-state index < -0.39 is 23.5 Å². The van der Waals surface area contributed by atoms with Gasteiger partial charge >= 0.3 is 6.09 Å². The van der Waals surface area contributed by atoms with Crippen molar-refractivity contribution in [3.63, 3.8) is 0 Å². The number of carbonyl (C=O) groups excluding carboxylic acids is 3. The van der Waals surface area contributed by atoms with Gasteiger partial charge in [0.05, 0.1) is 5.92 Å². The van der Waals surface area contributed by atoms with Crippen LogP contribution in [0.5, 0.6) is 0 Å². The van der Waals surface area contributed by atoms with Gasteiger partial charge in [0.15, 0.2) is 0 Å². The van der Waals surface area contributed by atoms with Gasteiger partial charge in [-0.15, -0.1) is 0 Å². The maximum Gasteiger partial charge on any atom is 0.407 e. The zero-order valence-corrected chi connectivity index (χ0v) is 22.3. The van der Waals surface area contributed by atoms with Crippen LogP contribution in [0.2, 0.25) is 0 Å². The summed E-state index contributed by atoms with van der Waals surface area (Å²) < 4.78 is 5.32. The van der Waals surface area contributed by atoms with Gasteiger partial charge in [0, 0.05) is 12.6 Å². The summed E-state index contributed by atoms with van der Waals surface area (Å²) in [4.78, 5) is 39.1. The SMILES string of the molecule is CC(C)(C)C(NC(=O)C(CNC(=O)OCc1ccccc1)Cc1ccccc1)C(=O)NC1CCCCC1. The van der Waals surface area contributed by atoms with Crippen LogP contribution in [0.15, 0.2) is 60.7 Å². The quantitative estimate of drug-likeness (QED) is 0.432. The fourth-order valence-corrected chi connectivity index (χ4v) is 4.60. The van der Waals surface area contributed by atoms with Crippen LogP contribution in [0.1, 0.15) is 64.0 Å². The second-order valence-electron chi connectivity index (χ2n) is 11.0. The van der Waals surface area contributed by atoms with Crippen LogP contribution in [0.4, 0.5) is 4.79 Å². The number of rotatable bonds is 10. The lowest BCUT2D eigenvalue weighted by Crippen LogP contribution is -2.57. The molecule has 200 valence electrons. The standard InChI is InChI=1S/C30H41N3O4/c1-30(2,3)26(28(35)32-25-17-11-6-12-18-25)33-27(34)24(19-22-13-7-4-8-14-22)20-31-29(36)37-21-23-15-9-5-10-16-23/h4-5,7-10,13-16,24-26H,6,11-12,17-21H2,1-3H3,(H,31,36)(H,32,35)(H,33,34). The van der Waals surface area contributed by atoms with Crippen LogP contribution in [0, 0.1) is 11.3 Å². The number of benzene rings is 2. The molecule has 7 heteroatoms. The van der Waals surface area contributed by atoms with Gasteiger partial charge in [-0.1, -0.05) is 101 Å². The molecule has 0 bridgehead atoms. The van der Waals surface area contributed by atoms with E-state index in [0.29, 0.717) is 6.42 Å². The number of nitrogens with one attached hydrogen (secondary N) is 3. The molecule has 0 spiro atoms. The summed E-state index contributed by atoms with van der Waals surface area (Å²) >= 11 is 0. The molecule has 2 aromatic carbocycles. The minimum Gasteiger partial charge on any atom is -0.445 e. The van der Waals surface area contributed by atoms with Crippen molar-refractivity contribution in [1.82, 2.24) is 16.0 Å². The Kier molecular flexibility index (Phi) is 10.5. The van der Waals surface area contributed by atoms with E-state index in [-0.39, 0.29) is 31.0 Å².